The fraction of sp³-hybridized carbons (Fsp3) is 0.346. The summed E-state index contributed by atoms with van der Waals surface area (Å²) in [6, 6.07) is 20.3. The predicted octanol–water partition coefficient (Wildman–Crippen LogP) is 2.65. The Labute approximate surface area is 199 Å². The lowest BCUT2D eigenvalue weighted by Crippen LogP contribution is -2.53. The number of hydrogen-bond donors (Lipinski definition) is 2. The molecule has 2 N–H and O–H groups in total. The van der Waals surface area contributed by atoms with E-state index >= 15 is 0 Å². The molecule has 0 radical (unpaired) electrons. The van der Waals surface area contributed by atoms with Crippen molar-refractivity contribution in [2.24, 2.45) is 0 Å². The topological polar surface area (TPSA) is 82.5 Å². The summed E-state index contributed by atoms with van der Waals surface area (Å²) in [5.74, 6) is 0.0873. The highest BCUT2D eigenvalue weighted by atomic mass is 16.2. The first-order valence-electron chi connectivity index (χ1n) is 11.9. The summed E-state index contributed by atoms with van der Waals surface area (Å²) >= 11 is 0. The van der Waals surface area contributed by atoms with Gasteiger partial charge in [-0.05, 0) is 25.0 Å². The van der Waals surface area contributed by atoms with Gasteiger partial charge in [-0.3, -0.25) is 9.69 Å². The third kappa shape index (κ3) is 5.46. The number of benzene rings is 2. The van der Waals surface area contributed by atoms with Gasteiger partial charge in [0.05, 0.1) is 17.9 Å². The molecular weight excluding hydrogens is 428 g/mol. The molecule has 2 aromatic carbocycles. The van der Waals surface area contributed by atoms with Crippen molar-refractivity contribution < 1.29 is 9.59 Å². The van der Waals surface area contributed by atoms with Crippen LogP contribution in [0.4, 0.5) is 4.79 Å². The fourth-order valence-corrected chi connectivity index (χ4v) is 4.19. The van der Waals surface area contributed by atoms with Gasteiger partial charge in [0.2, 0.25) is 5.91 Å². The maximum absolute atomic E-state index is 12.9. The Hall–Kier alpha value is -3.65. The molecule has 8 heteroatoms. The number of carbonyl (C=O) groups excluding carboxylic acids is 2. The zero-order valence-corrected chi connectivity index (χ0v) is 19.2. The molecule has 0 unspecified atom stereocenters. The van der Waals surface area contributed by atoms with Crippen LogP contribution >= 0.6 is 0 Å². The monoisotopic (exact) mass is 458 g/mol. The molecule has 2 fully saturated rings. The highest BCUT2D eigenvalue weighted by molar-refractivity contribution is 5.79. The smallest absolute Gasteiger partial charge is 0.317 e. The normalized spacial score (nSPS) is 16.3. The second-order valence-electron chi connectivity index (χ2n) is 8.91. The Morgan fingerprint density at radius 1 is 0.912 bits per heavy atom. The van der Waals surface area contributed by atoms with Crippen molar-refractivity contribution in [3.05, 3.63) is 72.4 Å². The van der Waals surface area contributed by atoms with Crippen LogP contribution in [0.5, 0.6) is 0 Å². The van der Waals surface area contributed by atoms with Gasteiger partial charge in [0, 0.05) is 56.1 Å². The second kappa shape index (κ2) is 10.1. The molecule has 5 rings (SSSR count). The average molecular weight is 459 g/mol. The van der Waals surface area contributed by atoms with Gasteiger partial charge < -0.3 is 15.5 Å². The number of carbonyl (C=O) groups is 2. The van der Waals surface area contributed by atoms with E-state index in [9.17, 15) is 9.59 Å². The van der Waals surface area contributed by atoms with Gasteiger partial charge in [-0.2, -0.15) is 5.10 Å². The van der Waals surface area contributed by atoms with E-state index in [4.69, 9.17) is 5.10 Å². The molecule has 1 aliphatic carbocycles. The molecule has 0 spiro atoms. The lowest BCUT2D eigenvalue weighted by molar-refractivity contribution is -0.122. The number of amides is 3. The van der Waals surface area contributed by atoms with E-state index < -0.39 is 0 Å². The summed E-state index contributed by atoms with van der Waals surface area (Å²) in [4.78, 5) is 28.8. The van der Waals surface area contributed by atoms with Crippen LogP contribution < -0.4 is 10.6 Å². The van der Waals surface area contributed by atoms with Crippen LogP contribution in [0, 0.1) is 0 Å². The van der Waals surface area contributed by atoms with E-state index in [2.05, 4.69) is 15.5 Å². The molecule has 2 aliphatic rings. The van der Waals surface area contributed by atoms with Crippen molar-refractivity contribution in [2.45, 2.75) is 25.4 Å². The Morgan fingerprint density at radius 2 is 1.59 bits per heavy atom. The maximum Gasteiger partial charge on any atom is 0.317 e. The third-order valence-electron chi connectivity index (χ3n) is 6.26. The third-order valence-corrected chi connectivity index (χ3v) is 6.26. The van der Waals surface area contributed by atoms with Crippen LogP contribution in [0.15, 0.2) is 66.9 Å². The fourth-order valence-electron chi connectivity index (χ4n) is 4.19. The first-order chi connectivity index (χ1) is 16.7. The van der Waals surface area contributed by atoms with Gasteiger partial charge >= 0.3 is 6.03 Å². The van der Waals surface area contributed by atoms with Gasteiger partial charge in [-0.25, -0.2) is 9.48 Å². The van der Waals surface area contributed by atoms with Gasteiger partial charge in [-0.15, -0.1) is 0 Å². The molecule has 1 saturated carbocycles. The van der Waals surface area contributed by atoms with E-state index in [-0.39, 0.29) is 11.9 Å². The standard InChI is InChI=1S/C26H30N6O2/c33-24(28-22-11-12-22)19-30-13-15-31(16-14-30)26(34)27-17-21-18-32(23-9-5-2-6-10-23)29-25(21)20-7-3-1-4-8-20/h1-10,18,22H,11-17,19H2,(H,27,34)(H,28,33). The number of nitrogens with zero attached hydrogens (tertiary/aromatic N) is 4. The summed E-state index contributed by atoms with van der Waals surface area (Å²) in [6.07, 6.45) is 4.17. The first-order valence-corrected chi connectivity index (χ1v) is 11.9. The second-order valence-corrected chi connectivity index (χ2v) is 8.91. The number of para-hydroxylation sites is 1. The Kier molecular flexibility index (Phi) is 6.58. The van der Waals surface area contributed by atoms with Crippen molar-refractivity contribution in [3.63, 3.8) is 0 Å². The molecule has 1 saturated heterocycles. The van der Waals surface area contributed by atoms with Gasteiger partial charge in [0.15, 0.2) is 0 Å². The summed E-state index contributed by atoms with van der Waals surface area (Å²) < 4.78 is 1.86. The maximum atomic E-state index is 12.9. The molecule has 1 aromatic heterocycles. The van der Waals surface area contributed by atoms with Crippen LogP contribution in [-0.2, 0) is 11.3 Å². The van der Waals surface area contributed by atoms with Gasteiger partial charge in [0.1, 0.15) is 0 Å². The number of urea groups is 1. The largest absolute Gasteiger partial charge is 0.352 e. The highest BCUT2D eigenvalue weighted by Gasteiger charge is 2.26. The lowest BCUT2D eigenvalue weighted by Gasteiger charge is -2.34. The van der Waals surface area contributed by atoms with Crippen molar-refractivity contribution >= 4 is 11.9 Å². The van der Waals surface area contributed by atoms with E-state index in [0.717, 1.165) is 35.3 Å². The SMILES string of the molecule is O=C(CN1CCN(C(=O)NCc2cn(-c3ccccc3)nc2-c2ccccc2)CC1)NC1CC1. The van der Waals surface area contributed by atoms with Crippen molar-refractivity contribution in [1.29, 1.82) is 0 Å². The number of nitrogens with one attached hydrogen (secondary N) is 2. The Balaban J connectivity index is 1.20. The highest BCUT2D eigenvalue weighted by Crippen LogP contribution is 2.23. The zero-order valence-electron chi connectivity index (χ0n) is 19.2. The quantitative estimate of drug-likeness (QED) is 0.570. The number of piperazine rings is 1. The Bertz CT molecular complexity index is 1120. The summed E-state index contributed by atoms with van der Waals surface area (Å²) in [6.45, 7) is 3.42. The lowest BCUT2D eigenvalue weighted by atomic mass is 10.1. The minimum absolute atomic E-state index is 0.0873. The van der Waals surface area contributed by atoms with Crippen molar-refractivity contribution in [2.75, 3.05) is 32.7 Å². The van der Waals surface area contributed by atoms with Gasteiger partial charge in [-0.1, -0.05) is 48.5 Å². The molecule has 2 heterocycles. The molecule has 0 bridgehead atoms. The number of aromatic nitrogens is 2. The summed E-state index contributed by atoms with van der Waals surface area (Å²) in [7, 11) is 0. The molecule has 8 nitrogen and oxygen atoms in total. The molecular formula is C26H30N6O2. The minimum Gasteiger partial charge on any atom is -0.352 e. The van der Waals surface area contributed by atoms with E-state index in [1.165, 1.54) is 0 Å². The predicted molar refractivity (Wildman–Crippen MR) is 130 cm³/mol. The zero-order chi connectivity index (χ0) is 23.3. The molecule has 176 valence electrons. The van der Waals surface area contributed by atoms with E-state index in [1.54, 1.807) is 0 Å². The first kappa shape index (κ1) is 22.2. The van der Waals surface area contributed by atoms with Crippen LogP contribution in [0.25, 0.3) is 16.9 Å². The Morgan fingerprint density at radius 3 is 2.26 bits per heavy atom. The molecule has 1 aliphatic heterocycles. The number of rotatable bonds is 7. The molecule has 3 amide bonds. The summed E-state index contributed by atoms with van der Waals surface area (Å²) in [5.41, 5.74) is 3.80. The van der Waals surface area contributed by atoms with Gasteiger partial charge in [0.25, 0.3) is 0 Å². The van der Waals surface area contributed by atoms with E-state index in [0.29, 0.717) is 45.3 Å². The van der Waals surface area contributed by atoms with E-state index in [1.807, 2.05) is 76.4 Å². The van der Waals surface area contributed by atoms with Crippen LogP contribution in [0.3, 0.4) is 0 Å². The van der Waals surface area contributed by atoms with Crippen LogP contribution in [-0.4, -0.2) is 70.3 Å². The molecule has 3 aromatic rings. The van der Waals surface area contributed by atoms with Crippen molar-refractivity contribution in [3.8, 4) is 16.9 Å². The minimum atomic E-state index is -0.0893. The van der Waals surface area contributed by atoms with Crippen LogP contribution in [0.2, 0.25) is 0 Å². The summed E-state index contributed by atoms with van der Waals surface area (Å²) in [5, 5.41) is 10.9. The average Bonchev–Trinajstić information content (AvgIpc) is 3.58. The molecule has 0 atom stereocenters. The van der Waals surface area contributed by atoms with Crippen LogP contribution in [0.1, 0.15) is 18.4 Å². The number of hydrogen-bond acceptors (Lipinski definition) is 4. The van der Waals surface area contributed by atoms with Crippen molar-refractivity contribution in [1.82, 2.24) is 30.2 Å². The molecule has 34 heavy (non-hydrogen) atoms.